The molecule has 1 aromatic heterocycles. The van der Waals surface area contributed by atoms with Crippen LogP contribution < -0.4 is 5.32 Å². The summed E-state index contributed by atoms with van der Waals surface area (Å²) in [5.41, 5.74) is 0.609. The Morgan fingerprint density at radius 1 is 1.39 bits per heavy atom. The molecule has 0 saturated heterocycles. The van der Waals surface area contributed by atoms with Crippen LogP contribution in [0.15, 0.2) is 29.4 Å². The number of aryl methyl sites for hydroxylation is 1. The third kappa shape index (κ3) is 5.23. The highest BCUT2D eigenvalue weighted by atomic mass is 35.5. The Hall–Kier alpha value is -1.57. The minimum Gasteiger partial charge on any atom is -0.385 e. The lowest BCUT2D eigenvalue weighted by molar-refractivity contribution is -0.113. The van der Waals surface area contributed by atoms with Gasteiger partial charge in [-0.1, -0.05) is 35.5 Å². The number of carbonyl (C=O) groups excluding carboxylic acids is 1. The van der Waals surface area contributed by atoms with Crippen LogP contribution in [0.3, 0.4) is 0 Å². The molecular formula is C15H19ClN4O2S. The molecule has 0 fully saturated rings. The lowest BCUT2D eigenvalue weighted by atomic mass is 10.3. The highest BCUT2D eigenvalue weighted by Gasteiger charge is 2.12. The minimum absolute atomic E-state index is 0.132. The zero-order chi connectivity index (χ0) is 16.7. The summed E-state index contributed by atoms with van der Waals surface area (Å²) in [6.07, 6.45) is 0.870. The molecule has 1 aromatic carbocycles. The molecule has 2 rings (SSSR count). The van der Waals surface area contributed by atoms with Crippen molar-refractivity contribution in [2.75, 3.05) is 24.8 Å². The summed E-state index contributed by atoms with van der Waals surface area (Å²) in [5, 5.41) is 12.2. The summed E-state index contributed by atoms with van der Waals surface area (Å²) in [6.45, 7) is 3.34. The first-order valence-electron chi connectivity index (χ1n) is 7.17. The molecule has 0 radical (unpaired) electrons. The Morgan fingerprint density at radius 2 is 2.17 bits per heavy atom. The average molecular weight is 355 g/mol. The number of nitrogens with one attached hydrogen (secondary N) is 1. The van der Waals surface area contributed by atoms with E-state index in [2.05, 4.69) is 15.5 Å². The van der Waals surface area contributed by atoms with Gasteiger partial charge in [-0.05, 0) is 25.5 Å². The summed E-state index contributed by atoms with van der Waals surface area (Å²) in [4.78, 5) is 12.0. The van der Waals surface area contributed by atoms with Gasteiger partial charge in [0.2, 0.25) is 5.91 Å². The van der Waals surface area contributed by atoms with Crippen molar-refractivity contribution >= 4 is 35.0 Å². The van der Waals surface area contributed by atoms with Gasteiger partial charge in [-0.25, -0.2) is 0 Å². The normalized spacial score (nSPS) is 10.7. The fraction of sp³-hybridized carbons (Fsp3) is 0.400. The van der Waals surface area contributed by atoms with Crippen LogP contribution in [0.25, 0.3) is 0 Å². The van der Waals surface area contributed by atoms with Crippen LogP contribution >= 0.6 is 23.4 Å². The van der Waals surface area contributed by atoms with Crippen molar-refractivity contribution in [1.29, 1.82) is 0 Å². The number of carbonyl (C=O) groups is 1. The highest BCUT2D eigenvalue weighted by Crippen LogP contribution is 2.22. The Labute approximate surface area is 144 Å². The molecule has 0 saturated carbocycles. The molecule has 6 nitrogen and oxygen atoms in total. The van der Waals surface area contributed by atoms with Gasteiger partial charge in [0.05, 0.1) is 16.5 Å². The van der Waals surface area contributed by atoms with E-state index < -0.39 is 0 Å². The van der Waals surface area contributed by atoms with E-state index in [1.807, 2.05) is 23.6 Å². The van der Waals surface area contributed by atoms with Gasteiger partial charge in [-0.15, -0.1) is 10.2 Å². The maximum atomic E-state index is 12.0. The molecule has 1 N–H and O–H groups in total. The average Bonchev–Trinajstić information content (AvgIpc) is 2.88. The van der Waals surface area contributed by atoms with E-state index in [-0.39, 0.29) is 11.7 Å². The van der Waals surface area contributed by atoms with Crippen molar-refractivity contribution in [3.05, 3.63) is 35.1 Å². The Balaban J connectivity index is 1.90. The van der Waals surface area contributed by atoms with Gasteiger partial charge in [0, 0.05) is 20.3 Å². The lowest BCUT2D eigenvalue weighted by Gasteiger charge is -2.09. The Morgan fingerprint density at radius 3 is 2.91 bits per heavy atom. The summed E-state index contributed by atoms with van der Waals surface area (Å²) in [5.74, 6) is 0.940. The number of halogens is 1. The molecule has 8 heteroatoms. The number of nitrogens with zero attached hydrogens (tertiary/aromatic N) is 3. The Kier molecular flexibility index (Phi) is 6.88. The molecule has 1 amide bonds. The minimum atomic E-state index is -0.132. The quantitative estimate of drug-likeness (QED) is 0.583. The first kappa shape index (κ1) is 17.8. The maximum absolute atomic E-state index is 12.0. The second-order valence-electron chi connectivity index (χ2n) is 4.84. The van der Waals surface area contributed by atoms with Crippen LogP contribution in [0.2, 0.25) is 5.02 Å². The van der Waals surface area contributed by atoms with E-state index in [9.17, 15) is 4.79 Å². The second-order valence-corrected chi connectivity index (χ2v) is 6.19. The van der Waals surface area contributed by atoms with E-state index >= 15 is 0 Å². The predicted octanol–water partition coefficient (Wildman–Crippen LogP) is 3.01. The maximum Gasteiger partial charge on any atom is 0.234 e. The van der Waals surface area contributed by atoms with Crippen LogP contribution in [-0.2, 0) is 16.1 Å². The zero-order valence-corrected chi connectivity index (χ0v) is 14.7. The van der Waals surface area contributed by atoms with Crippen LogP contribution in [0.1, 0.15) is 12.2 Å². The number of thioether (sulfide) groups is 1. The van der Waals surface area contributed by atoms with Crippen LogP contribution in [0.5, 0.6) is 0 Å². The second kappa shape index (κ2) is 8.90. The fourth-order valence-electron chi connectivity index (χ4n) is 1.97. The third-order valence-corrected chi connectivity index (χ3v) is 4.41. The first-order chi connectivity index (χ1) is 11.1. The number of hydrogen-bond donors (Lipinski definition) is 1. The Bertz CT molecular complexity index is 663. The molecule has 2 aromatic rings. The van der Waals surface area contributed by atoms with E-state index in [1.54, 1.807) is 19.2 Å². The predicted molar refractivity (Wildman–Crippen MR) is 92.1 cm³/mol. The molecule has 1 heterocycles. The number of para-hydroxylation sites is 1. The number of anilines is 1. The van der Waals surface area contributed by atoms with Crippen molar-refractivity contribution in [1.82, 2.24) is 14.8 Å². The van der Waals surface area contributed by atoms with E-state index in [0.717, 1.165) is 23.9 Å². The van der Waals surface area contributed by atoms with Crippen molar-refractivity contribution in [3.63, 3.8) is 0 Å². The molecule has 0 aliphatic rings. The topological polar surface area (TPSA) is 69.0 Å². The fourth-order valence-corrected chi connectivity index (χ4v) is 2.96. The smallest absolute Gasteiger partial charge is 0.234 e. The van der Waals surface area contributed by atoms with E-state index in [0.29, 0.717) is 17.3 Å². The van der Waals surface area contributed by atoms with Crippen molar-refractivity contribution < 1.29 is 9.53 Å². The molecule has 0 aliphatic carbocycles. The molecular weight excluding hydrogens is 336 g/mol. The summed E-state index contributed by atoms with van der Waals surface area (Å²) < 4.78 is 7.05. The molecule has 0 atom stereocenters. The summed E-state index contributed by atoms with van der Waals surface area (Å²) >= 11 is 7.38. The van der Waals surface area contributed by atoms with Gasteiger partial charge in [-0.2, -0.15) is 0 Å². The van der Waals surface area contributed by atoms with Gasteiger partial charge in [0.1, 0.15) is 5.82 Å². The molecule has 0 spiro atoms. The van der Waals surface area contributed by atoms with Gasteiger partial charge in [-0.3, -0.25) is 4.79 Å². The monoisotopic (exact) mass is 354 g/mol. The van der Waals surface area contributed by atoms with Crippen molar-refractivity contribution in [2.45, 2.75) is 25.0 Å². The molecule has 0 bridgehead atoms. The number of rotatable bonds is 8. The first-order valence-corrected chi connectivity index (χ1v) is 8.54. The van der Waals surface area contributed by atoms with E-state index in [4.69, 9.17) is 16.3 Å². The van der Waals surface area contributed by atoms with Crippen molar-refractivity contribution in [2.24, 2.45) is 0 Å². The molecule has 23 heavy (non-hydrogen) atoms. The van der Waals surface area contributed by atoms with E-state index in [1.165, 1.54) is 11.8 Å². The SMILES string of the molecule is COCCCn1c(C)nnc1SCC(=O)Nc1ccccc1Cl. The van der Waals surface area contributed by atoms with Gasteiger partial charge in [0.15, 0.2) is 5.16 Å². The standard InChI is InChI=1S/C15H19ClN4O2S/c1-11-18-19-15(20(11)8-5-9-22-2)23-10-14(21)17-13-7-4-3-6-12(13)16/h3-4,6-7H,5,8-10H2,1-2H3,(H,17,21). The van der Waals surface area contributed by atoms with Crippen molar-refractivity contribution in [3.8, 4) is 0 Å². The number of aromatic nitrogens is 3. The summed E-state index contributed by atoms with van der Waals surface area (Å²) in [6, 6.07) is 7.14. The zero-order valence-electron chi connectivity index (χ0n) is 13.1. The number of amides is 1. The van der Waals surface area contributed by atoms with Gasteiger partial charge < -0.3 is 14.6 Å². The number of benzene rings is 1. The number of methoxy groups -OCH3 is 1. The van der Waals surface area contributed by atoms with Crippen LogP contribution in [0, 0.1) is 6.92 Å². The number of ether oxygens (including phenoxy) is 1. The largest absolute Gasteiger partial charge is 0.385 e. The van der Waals surface area contributed by atoms with Gasteiger partial charge in [0.25, 0.3) is 0 Å². The van der Waals surface area contributed by atoms with Gasteiger partial charge >= 0.3 is 0 Å². The number of hydrogen-bond acceptors (Lipinski definition) is 5. The highest BCUT2D eigenvalue weighted by molar-refractivity contribution is 7.99. The van der Waals surface area contributed by atoms with Crippen LogP contribution in [0.4, 0.5) is 5.69 Å². The molecule has 0 unspecified atom stereocenters. The third-order valence-electron chi connectivity index (χ3n) is 3.11. The van der Waals surface area contributed by atoms with Crippen LogP contribution in [-0.4, -0.2) is 40.1 Å². The molecule has 124 valence electrons. The lowest BCUT2D eigenvalue weighted by Crippen LogP contribution is -2.15. The molecule has 0 aliphatic heterocycles. The summed E-state index contributed by atoms with van der Waals surface area (Å²) in [7, 11) is 1.67.